The standard InChI is InChI=1S/C21H22F2N2O/c1-14(15-5-9-20-17(12-15)4-3-11-25(20)2)24-21(26)10-6-16-13-18(22)7-8-19(16)23/h5-10,12-14H,3-4,11H2,1-2H3,(H,24,26). The van der Waals surface area contributed by atoms with E-state index in [1.54, 1.807) is 0 Å². The summed E-state index contributed by atoms with van der Waals surface area (Å²) in [6.45, 7) is 2.96. The maximum absolute atomic E-state index is 13.6. The zero-order chi connectivity index (χ0) is 18.7. The Bertz CT molecular complexity index is 848. The van der Waals surface area contributed by atoms with Crippen LogP contribution in [0.15, 0.2) is 42.5 Å². The molecule has 0 bridgehead atoms. The first kappa shape index (κ1) is 18.1. The summed E-state index contributed by atoms with van der Waals surface area (Å²) in [6, 6.07) is 9.20. The normalized spacial score (nSPS) is 15.0. The van der Waals surface area contributed by atoms with Crippen LogP contribution in [-0.2, 0) is 11.2 Å². The van der Waals surface area contributed by atoms with Crippen molar-refractivity contribution in [2.75, 3.05) is 18.5 Å². The zero-order valence-corrected chi connectivity index (χ0v) is 14.9. The van der Waals surface area contributed by atoms with Crippen molar-refractivity contribution in [3.05, 3.63) is 70.8 Å². The molecule has 0 spiro atoms. The zero-order valence-electron chi connectivity index (χ0n) is 14.9. The SMILES string of the molecule is CC(NC(=O)C=Cc1cc(F)ccc1F)c1ccc2c(c1)CCCN2C. The second-order valence-corrected chi connectivity index (χ2v) is 6.64. The van der Waals surface area contributed by atoms with Crippen LogP contribution < -0.4 is 10.2 Å². The summed E-state index contributed by atoms with van der Waals surface area (Å²) >= 11 is 0. The first-order chi connectivity index (χ1) is 12.4. The van der Waals surface area contributed by atoms with Crippen LogP contribution >= 0.6 is 0 Å². The van der Waals surface area contributed by atoms with Crippen molar-refractivity contribution in [1.82, 2.24) is 5.32 Å². The van der Waals surface area contributed by atoms with Crippen molar-refractivity contribution in [2.45, 2.75) is 25.8 Å². The van der Waals surface area contributed by atoms with Gasteiger partial charge in [-0.3, -0.25) is 4.79 Å². The quantitative estimate of drug-likeness (QED) is 0.831. The minimum Gasteiger partial charge on any atom is -0.374 e. The molecule has 0 saturated heterocycles. The molecule has 0 fully saturated rings. The lowest BCUT2D eigenvalue weighted by molar-refractivity contribution is -0.117. The summed E-state index contributed by atoms with van der Waals surface area (Å²) in [5.41, 5.74) is 3.59. The maximum Gasteiger partial charge on any atom is 0.244 e. The predicted octanol–water partition coefficient (Wildman–Crippen LogP) is 4.24. The number of aryl methyl sites for hydroxylation is 1. The van der Waals surface area contributed by atoms with Crippen molar-refractivity contribution in [3.63, 3.8) is 0 Å². The average molecular weight is 356 g/mol. The first-order valence-electron chi connectivity index (χ1n) is 8.71. The van der Waals surface area contributed by atoms with Gasteiger partial charge in [-0.15, -0.1) is 0 Å². The van der Waals surface area contributed by atoms with E-state index in [9.17, 15) is 13.6 Å². The molecule has 1 aliphatic rings. The molecule has 1 heterocycles. The molecule has 0 aromatic heterocycles. The molecule has 3 nitrogen and oxygen atoms in total. The number of carbonyl (C=O) groups excluding carboxylic acids is 1. The Hall–Kier alpha value is -2.69. The third-order valence-corrected chi connectivity index (χ3v) is 4.69. The van der Waals surface area contributed by atoms with Crippen LogP contribution in [0, 0.1) is 11.6 Å². The average Bonchev–Trinajstić information content (AvgIpc) is 2.62. The summed E-state index contributed by atoms with van der Waals surface area (Å²) in [7, 11) is 2.08. The van der Waals surface area contributed by atoms with Crippen molar-refractivity contribution >= 4 is 17.7 Å². The molecule has 26 heavy (non-hydrogen) atoms. The summed E-state index contributed by atoms with van der Waals surface area (Å²) < 4.78 is 26.7. The number of fused-ring (bicyclic) bond motifs is 1. The lowest BCUT2D eigenvalue weighted by Crippen LogP contribution is -2.27. The molecule has 2 aromatic carbocycles. The van der Waals surface area contributed by atoms with Gasteiger partial charge in [-0.1, -0.05) is 12.1 Å². The van der Waals surface area contributed by atoms with Gasteiger partial charge in [0.25, 0.3) is 0 Å². The van der Waals surface area contributed by atoms with Crippen molar-refractivity contribution in [2.24, 2.45) is 0 Å². The van der Waals surface area contributed by atoms with Gasteiger partial charge in [-0.2, -0.15) is 0 Å². The second-order valence-electron chi connectivity index (χ2n) is 6.64. The number of nitrogens with zero attached hydrogens (tertiary/aromatic N) is 1. The van der Waals surface area contributed by atoms with Crippen molar-refractivity contribution in [1.29, 1.82) is 0 Å². The number of hydrogen-bond donors (Lipinski definition) is 1. The summed E-state index contributed by atoms with van der Waals surface area (Å²) in [4.78, 5) is 14.4. The monoisotopic (exact) mass is 356 g/mol. The topological polar surface area (TPSA) is 32.3 Å². The largest absolute Gasteiger partial charge is 0.374 e. The highest BCUT2D eigenvalue weighted by molar-refractivity contribution is 5.92. The van der Waals surface area contributed by atoms with E-state index in [0.29, 0.717) is 0 Å². The highest BCUT2D eigenvalue weighted by Crippen LogP contribution is 2.28. The summed E-state index contributed by atoms with van der Waals surface area (Å²) in [5.74, 6) is -1.46. The van der Waals surface area contributed by atoms with E-state index in [2.05, 4.69) is 29.4 Å². The Kier molecular flexibility index (Phi) is 5.35. The van der Waals surface area contributed by atoms with E-state index in [-0.39, 0.29) is 17.5 Å². The first-order valence-corrected chi connectivity index (χ1v) is 8.71. The molecule has 0 radical (unpaired) electrons. The molecule has 1 atom stereocenters. The fraction of sp³-hybridized carbons (Fsp3) is 0.286. The van der Waals surface area contributed by atoms with Crippen LogP contribution in [0.1, 0.15) is 36.1 Å². The number of halogens is 2. The Morgan fingerprint density at radius 1 is 1.23 bits per heavy atom. The van der Waals surface area contributed by atoms with Gasteiger partial charge in [-0.25, -0.2) is 8.78 Å². The van der Waals surface area contributed by atoms with Crippen LogP contribution in [0.4, 0.5) is 14.5 Å². The summed E-state index contributed by atoms with van der Waals surface area (Å²) in [5, 5.41) is 2.86. The molecule has 1 amide bonds. The third-order valence-electron chi connectivity index (χ3n) is 4.69. The lowest BCUT2D eigenvalue weighted by Gasteiger charge is -2.28. The summed E-state index contributed by atoms with van der Waals surface area (Å²) in [6.07, 6.45) is 4.66. The lowest BCUT2D eigenvalue weighted by atomic mass is 9.97. The van der Waals surface area contributed by atoms with Crippen LogP contribution in [0.3, 0.4) is 0 Å². The maximum atomic E-state index is 13.6. The molecule has 1 N–H and O–H groups in total. The molecule has 5 heteroatoms. The molecule has 136 valence electrons. The Morgan fingerprint density at radius 2 is 2.04 bits per heavy atom. The molecular weight excluding hydrogens is 334 g/mol. The van der Waals surface area contributed by atoms with Gasteiger partial charge in [0.2, 0.25) is 5.91 Å². The van der Waals surface area contributed by atoms with E-state index < -0.39 is 11.6 Å². The second kappa shape index (κ2) is 7.68. The smallest absolute Gasteiger partial charge is 0.244 e. The number of benzene rings is 2. The molecule has 1 aliphatic heterocycles. The Labute approximate surface area is 152 Å². The minimum absolute atomic E-state index is 0.0459. The van der Waals surface area contributed by atoms with Crippen LogP contribution in [0.2, 0.25) is 0 Å². The fourth-order valence-corrected chi connectivity index (χ4v) is 3.23. The number of amides is 1. The fourth-order valence-electron chi connectivity index (χ4n) is 3.23. The van der Waals surface area contributed by atoms with Gasteiger partial charge in [0.1, 0.15) is 11.6 Å². The Morgan fingerprint density at radius 3 is 2.85 bits per heavy atom. The number of carbonyl (C=O) groups is 1. The van der Waals surface area contributed by atoms with E-state index in [0.717, 1.165) is 43.1 Å². The van der Waals surface area contributed by atoms with Gasteiger partial charge in [0, 0.05) is 30.9 Å². The Balaban J connectivity index is 1.67. The minimum atomic E-state index is -0.567. The third kappa shape index (κ3) is 4.10. The predicted molar refractivity (Wildman–Crippen MR) is 100.0 cm³/mol. The molecular formula is C21H22F2N2O. The number of anilines is 1. The van der Waals surface area contributed by atoms with E-state index in [1.807, 2.05) is 13.0 Å². The van der Waals surface area contributed by atoms with Crippen LogP contribution in [0.25, 0.3) is 6.08 Å². The van der Waals surface area contributed by atoms with Crippen molar-refractivity contribution < 1.29 is 13.6 Å². The van der Waals surface area contributed by atoms with Gasteiger partial charge in [-0.05, 0) is 61.2 Å². The number of rotatable bonds is 4. The van der Waals surface area contributed by atoms with E-state index in [4.69, 9.17) is 0 Å². The van der Waals surface area contributed by atoms with Crippen LogP contribution in [0.5, 0.6) is 0 Å². The van der Waals surface area contributed by atoms with Crippen LogP contribution in [-0.4, -0.2) is 19.5 Å². The van der Waals surface area contributed by atoms with E-state index in [1.165, 1.54) is 23.4 Å². The highest BCUT2D eigenvalue weighted by Gasteiger charge is 2.16. The van der Waals surface area contributed by atoms with E-state index >= 15 is 0 Å². The number of nitrogens with one attached hydrogen (secondary N) is 1. The van der Waals surface area contributed by atoms with Gasteiger partial charge < -0.3 is 10.2 Å². The number of hydrogen-bond acceptors (Lipinski definition) is 2. The van der Waals surface area contributed by atoms with Gasteiger partial charge >= 0.3 is 0 Å². The molecule has 0 aliphatic carbocycles. The van der Waals surface area contributed by atoms with Gasteiger partial charge in [0.05, 0.1) is 6.04 Å². The molecule has 1 unspecified atom stereocenters. The molecule has 3 rings (SSSR count). The van der Waals surface area contributed by atoms with Gasteiger partial charge in [0.15, 0.2) is 0 Å². The van der Waals surface area contributed by atoms with Crippen molar-refractivity contribution in [3.8, 4) is 0 Å². The highest BCUT2D eigenvalue weighted by atomic mass is 19.1. The molecule has 2 aromatic rings. The molecule has 0 saturated carbocycles.